The minimum Gasteiger partial charge on any atom is -0.300 e. The first-order valence-corrected chi connectivity index (χ1v) is 8.49. The van der Waals surface area contributed by atoms with Gasteiger partial charge in [-0.3, -0.25) is 10.1 Å². The van der Waals surface area contributed by atoms with Crippen LogP contribution in [0.2, 0.25) is 0 Å². The van der Waals surface area contributed by atoms with Crippen LogP contribution >= 0.6 is 11.3 Å². The number of aromatic nitrogens is 2. The Hall–Kier alpha value is -1.75. The molecule has 2 rings (SSSR count). The van der Waals surface area contributed by atoms with Crippen LogP contribution in [0.4, 0.5) is 5.13 Å². The van der Waals surface area contributed by atoms with Crippen LogP contribution in [0.15, 0.2) is 30.3 Å². The van der Waals surface area contributed by atoms with Crippen molar-refractivity contribution in [2.75, 3.05) is 5.32 Å². The van der Waals surface area contributed by atoms with Crippen molar-refractivity contribution >= 4 is 22.4 Å². The second-order valence-electron chi connectivity index (χ2n) is 6.01. The van der Waals surface area contributed by atoms with Gasteiger partial charge in [-0.2, -0.15) is 0 Å². The molecule has 0 fully saturated rings. The first-order chi connectivity index (χ1) is 10.5. The summed E-state index contributed by atoms with van der Waals surface area (Å²) in [5.41, 5.74) is 1.02. The largest absolute Gasteiger partial charge is 0.300 e. The summed E-state index contributed by atoms with van der Waals surface area (Å²) in [4.78, 5) is 12.5. The molecule has 0 spiro atoms. The highest BCUT2D eigenvalue weighted by molar-refractivity contribution is 7.15. The average Bonchev–Trinajstić information content (AvgIpc) is 2.98. The fourth-order valence-electron chi connectivity index (χ4n) is 2.15. The second kappa shape index (κ2) is 7.01. The topological polar surface area (TPSA) is 54.9 Å². The van der Waals surface area contributed by atoms with Gasteiger partial charge in [0.2, 0.25) is 11.0 Å². The van der Waals surface area contributed by atoms with Crippen molar-refractivity contribution in [3.05, 3.63) is 40.9 Å². The van der Waals surface area contributed by atoms with Crippen molar-refractivity contribution in [3.8, 4) is 0 Å². The zero-order valence-corrected chi connectivity index (χ0v) is 14.4. The number of carbonyl (C=O) groups is 1. The Kier molecular flexibility index (Phi) is 5.29. The normalized spacial score (nSPS) is 12.9. The van der Waals surface area contributed by atoms with E-state index >= 15 is 0 Å². The molecule has 0 aliphatic carbocycles. The molecule has 118 valence electrons. The van der Waals surface area contributed by atoms with E-state index in [-0.39, 0.29) is 17.2 Å². The number of rotatable bonds is 6. The molecule has 0 aliphatic rings. The monoisotopic (exact) mass is 317 g/mol. The fraction of sp³-hybridized carbons (Fsp3) is 0.471. The first kappa shape index (κ1) is 16.6. The molecule has 2 aromatic rings. The van der Waals surface area contributed by atoms with Crippen LogP contribution in [0.5, 0.6) is 0 Å². The van der Waals surface area contributed by atoms with Crippen molar-refractivity contribution in [1.82, 2.24) is 10.2 Å². The summed E-state index contributed by atoms with van der Waals surface area (Å²) >= 11 is 1.46. The molecule has 1 atom stereocenters. The predicted octanol–water partition coefficient (Wildman–Crippen LogP) is 4.36. The number of nitrogens with one attached hydrogen (secondary N) is 1. The van der Waals surface area contributed by atoms with E-state index < -0.39 is 0 Å². The lowest BCUT2D eigenvalue weighted by molar-refractivity contribution is -0.117. The van der Waals surface area contributed by atoms with Gasteiger partial charge in [0.05, 0.1) is 5.92 Å². The molecule has 0 saturated carbocycles. The summed E-state index contributed by atoms with van der Waals surface area (Å²) in [6, 6.07) is 9.84. The zero-order valence-electron chi connectivity index (χ0n) is 13.6. The van der Waals surface area contributed by atoms with E-state index in [0.717, 1.165) is 23.4 Å². The fourth-order valence-corrected chi connectivity index (χ4v) is 3.07. The molecule has 4 nitrogen and oxygen atoms in total. The summed E-state index contributed by atoms with van der Waals surface area (Å²) < 4.78 is 0. The van der Waals surface area contributed by atoms with Crippen LogP contribution < -0.4 is 5.32 Å². The van der Waals surface area contributed by atoms with E-state index in [1.807, 2.05) is 37.3 Å². The van der Waals surface area contributed by atoms with Gasteiger partial charge in [-0.05, 0) is 18.4 Å². The molecule has 1 N–H and O–H groups in total. The van der Waals surface area contributed by atoms with Gasteiger partial charge in [0, 0.05) is 5.41 Å². The Bertz CT molecular complexity index is 622. The van der Waals surface area contributed by atoms with Crippen molar-refractivity contribution in [1.29, 1.82) is 0 Å². The Morgan fingerprint density at radius 3 is 2.50 bits per heavy atom. The van der Waals surface area contributed by atoms with Crippen LogP contribution in [0.3, 0.4) is 0 Å². The van der Waals surface area contributed by atoms with Gasteiger partial charge in [0.1, 0.15) is 5.01 Å². The van der Waals surface area contributed by atoms with E-state index in [1.54, 1.807) is 0 Å². The first-order valence-electron chi connectivity index (χ1n) is 7.67. The minimum absolute atomic E-state index is 0.00969. The smallest absolute Gasteiger partial charge is 0.233 e. The van der Waals surface area contributed by atoms with Gasteiger partial charge < -0.3 is 0 Å². The van der Waals surface area contributed by atoms with Crippen LogP contribution in [-0.4, -0.2) is 16.1 Å². The minimum atomic E-state index is -0.160. The number of benzene rings is 1. The summed E-state index contributed by atoms with van der Waals surface area (Å²) in [5.74, 6) is -0.182. The van der Waals surface area contributed by atoms with Gasteiger partial charge >= 0.3 is 0 Å². The molecule has 0 unspecified atom stereocenters. The Balaban J connectivity index is 2.11. The van der Waals surface area contributed by atoms with Crippen molar-refractivity contribution in [3.63, 3.8) is 0 Å². The highest BCUT2D eigenvalue weighted by Gasteiger charge is 2.25. The summed E-state index contributed by atoms with van der Waals surface area (Å²) in [5, 5.41) is 12.8. The number of hydrogen-bond acceptors (Lipinski definition) is 4. The molecule has 22 heavy (non-hydrogen) atoms. The average molecular weight is 317 g/mol. The Morgan fingerprint density at radius 1 is 1.23 bits per heavy atom. The summed E-state index contributed by atoms with van der Waals surface area (Å²) in [6.45, 7) is 8.42. The van der Waals surface area contributed by atoms with Crippen molar-refractivity contribution < 1.29 is 4.79 Å². The maximum Gasteiger partial charge on any atom is 0.233 e. The maximum atomic E-state index is 12.5. The number of anilines is 1. The zero-order chi connectivity index (χ0) is 16.2. The lowest BCUT2D eigenvalue weighted by Gasteiger charge is -2.17. The third-order valence-electron chi connectivity index (χ3n) is 4.04. The van der Waals surface area contributed by atoms with Gasteiger partial charge in [0.25, 0.3) is 0 Å². The molecule has 0 aliphatic heterocycles. The summed E-state index contributed by atoms with van der Waals surface area (Å²) in [7, 11) is 0. The number of nitrogens with zero attached hydrogens (tertiary/aromatic N) is 2. The van der Waals surface area contributed by atoms with E-state index in [2.05, 4.69) is 36.3 Å². The number of amides is 1. The summed E-state index contributed by atoms with van der Waals surface area (Å²) in [6.07, 6.45) is 1.74. The Morgan fingerprint density at radius 2 is 1.91 bits per heavy atom. The SMILES string of the molecule is CC[C@H](C(=O)Nc1nnc(C(C)(C)CC)s1)c1ccccc1. The van der Waals surface area contributed by atoms with Gasteiger partial charge in [0.15, 0.2) is 0 Å². The lowest BCUT2D eigenvalue weighted by Crippen LogP contribution is -2.20. The lowest BCUT2D eigenvalue weighted by atomic mass is 9.91. The van der Waals surface area contributed by atoms with E-state index in [4.69, 9.17) is 0 Å². The van der Waals surface area contributed by atoms with Gasteiger partial charge in [-0.1, -0.05) is 69.4 Å². The van der Waals surface area contributed by atoms with Gasteiger partial charge in [-0.15, -0.1) is 10.2 Å². The molecule has 1 heterocycles. The number of hydrogen-bond donors (Lipinski definition) is 1. The number of carbonyl (C=O) groups excluding carboxylic acids is 1. The van der Waals surface area contributed by atoms with Crippen molar-refractivity contribution in [2.24, 2.45) is 0 Å². The highest BCUT2D eigenvalue weighted by atomic mass is 32.1. The van der Waals surface area contributed by atoms with Crippen molar-refractivity contribution in [2.45, 2.75) is 51.9 Å². The molecule has 1 aromatic carbocycles. The van der Waals surface area contributed by atoms with E-state index in [9.17, 15) is 4.79 Å². The third kappa shape index (κ3) is 3.71. The molecule has 0 saturated heterocycles. The van der Waals surface area contributed by atoms with E-state index in [0.29, 0.717) is 5.13 Å². The van der Waals surface area contributed by atoms with Crippen LogP contribution in [0, 0.1) is 0 Å². The van der Waals surface area contributed by atoms with E-state index in [1.165, 1.54) is 11.3 Å². The predicted molar refractivity (Wildman–Crippen MR) is 91.3 cm³/mol. The molecule has 1 amide bonds. The van der Waals surface area contributed by atoms with Crippen LogP contribution in [0.25, 0.3) is 0 Å². The van der Waals surface area contributed by atoms with Crippen LogP contribution in [-0.2, 0) is 10.2 Å². The molecule has 5 heteroatoms. The third-order valence-corrected chi connectivity index (χ3v) is 5.25. The van der Waals surface area contributed by atoms with Gasteiger partial charge in [-0.25, -0.2) is 0 Å². The Labute approximate surface area is 136 Å². The molecular formula is C17H23N3OS. The van der Waals surface area contributed by atoms with Crippen LogP contribution in [0.1, 0.15) is 57.0 Å². The second-order valence-corrected chi connectivity index (χ2v) is 6.99. The molecule has 0 radical (unpaired) electrons. The molecule has 0 bridgehead atoms. The molecular weight excluding hydrogens is 294 g/mol. The quantitative estimate of drug-likeness (QED) is 0.861. The standard InChI is InChI=1S/C17H23N3OS/c1-5-13(12-10-8-7-9-11-12)14(21)18-16-20-19-15(22-16)17(3,4)6-2/h7-11,13H,5-6H2,1-4H3,(H,18,20,21)/t13-/m0/s1. The highest BCUT2D eigenvalue weighted by Crippen LogP contribution is 2.31. The molecule has 1 aromatic heterocycles. The maximum absolute atomic E-state index is 12.5.